The second-order valence-corrected chi connectivity index (χ2v) is 7.73. The molecule has 5 rings (SSSR count). The number of benzene rings is 3. The highest BCUT2D eigenvalue weighted by Crippen LogP contribution is 2.30. The lowest BCUT2D eigenvalue weighted by molar-refractivity contribution is 0.102. The van der Waals surface area contributed by atoms with Crippen LogP contribution in [0.15, 0.2) is 85.1 Å². The van der Waals surface area contributed by atoms with Crippen molar-refractivity contribution in [2.24, 2.45) is 0 Å². The van der Waals surface area contributed by atoms with Gasteiger partial charge in [0.15, 0.2) is 0 Å². The molecule has 3 aromatic carbocycles. The maximum atomic E-state index is 13.2. The molecule has 4 aromatic rings. The number of para-hydroxylation sites is 3. The molecule has 1 aliphatic rings. The number of hydrogen-bond donors (Lipinski definition) is 2. The SMILES string of the molecule is O=C(Nc1ccccc1-c1cn2c(n1)CCCC2)c1ccccc1Nc1ccccc1. The third-order valence-electron chi connectivity index (χ3n) is 5.58. The summed E-state index contributed by atoms with van der Waals surface area (Å²) >= 11 is 0. The molecule has 0 saturated carbocycles. The second-order valence-electron chi connectivity index (χ2n) is 7.73. The van der Waals surface area contributed by atoms with Crippen molar-refractivity contribution in [3.63, 3.8) is 0 Å². The lowest BCUT2D eigenvalue weighted by atomic mass is 10.1. The first-order chi connectivity index (χ1) is 15.3. The van der Waals surface area contributed by atoms with Gasteiger partial charge in [0.2, 0.25) is 0 Å². The van der Waals surface area contributed by atoms with E-state index in [9.17, 15) is 4.79 Å². The van der Waals surface area contributed by atoms with Crippen molar-refractivity contribution in [3.8, 4) is 11.3 Å². The Labute approximate surface area is 181 Å². The number of rotatable bonds is 5. The summed E-state index contributed by atoms with van der Waals surface area (Å²) in [5.74, 6) is 0.968. The van der Waals surface area contributed by atoms with Gasteiger partial charge in [-0.1, -0.05) is 48.5 Å². The van der Waals surface area contributed by atoms with Gasteiger partial charge in [0.05, 0.1) is 22.6 Å². The number of imidazole rings is 1. The highest BCUT2D eigenvalue weighted by molar-refractivity contribution is 6.09. The molecular weight excluding hydrogens is 384 g/mol. The molecule has 0 spiro atoms. The first-order valence-electron chi connectivity index (χ1n) is 10.7. The molecule has 1 aromatic heterocycles. The van der Waals surface area contributed by atoms with Gasteiger partial charge in [-0.25, -0.2) is 4.98 Å². The fourth-order valence-electron chi connectivity index (χ4n) is 4.01. The molecule has 0 unspecified atom stereocenters. The largest absolute Gasteiger partial charge is 0.355 e. The Kier molecular flexibility index (Phi) is 5.23. The Morgan fingerprint density at radius 1 is 0.839 bits per heavy atom. The van der Waals surface area contributed by atoms with Crippen molar-refractivity contribution in [1.82, 2.24) is 9.55 Å². The van der Waals surface area contributed by atoms with Gasteiger partial charge in [0.25, 0.3) is 5.91 Å². The summed E-state index contributed by atoms with van der Waals surface area (Å²) in [6.07, 6.45) is 5.48. The zero-order chi connectivity index (χ0) is 21.0. The summed E-state index contributed by atoms with van der Waals surface area (Å²) in [6.45, 7) is 1.01. The van der Waals surface area contributed by atoms with Gasteiger partial charge in [0, 0.05) is 30.4 Å². The number of amides is 1. The van der Waals surface area contributed by atoms with Crippen LogP contribution in [0.5, 0.6) is 0 Å². The molecule has 5 nitrogen and oxygen atoms in total. The van der Waals surface area contributed by atoms with Crippen molar-refractivity contribution in [2.75, 3.05) is 10.6 Å². The third kappa shape index (κ3) is 4.08. The number of aromatic nitrogens is 2. The summed E-state index contributed by atoms with van der Waals surface area (Å²) < 4.78 is 2.23. The Morgan fingerprint density at radius 2 is 1.58 bits per heavy atom. The smallest absolute Gasteiger partial charge is 0.257 e. The number of carbonyl (C=O) groups is 1. The molecule has 1 amide bonds. The molecule has 31 heavy (non-hydrogen) atoms. The molecule has 0 bridgehead atoms. The predicted molar refractivity (Wildman–Crippen MR) is 125 cm³/mol. The van der Waals surface area contributed by atoms with Crippen LogP contribution in [-0.2, 0) is 13.0 Å². The van der Waals surface area contributed by atoms with E-state index in [1.54, 1.807) is 0 Å². The molecule has 0 aliphatic carbocycles. The number of aryl methyl sites for hydroxylation is 2. The van der Waals surface area contributed by atoms with Crippen LogP contribution in [-0.4, -0.2) is 15.5 Å². The quantitative estimate of drug-likeness (QED) is 0.433. The average Bonchev–Trinajstić information content (AvgIpc) is 3.24. The number of hydrogen-bond acceptors (Lipinski definition) is 3. The molecule has 154 valence electrons. The molecule has 0 radical (unpaired) electrons. The van der Waals surface area contributed by atoms with E-state index in [2.05, 4.69) is 21.4 Å². The van der Waals surface area contributed by atoms with Crippen molar-refractivity contribution in [3.05, 3.63) is 96.4 Å². The van der Waals surface area contributed by atoms with Crippen molar-refractivity contribution < 1.29 is 4.79 Å². The van der Waals surface area contributed by atoms with E-state index in [0.29, 0.717) is 5.56 Å². The van der Waals surface area contributed by atoms with Crippen LogP contribution in [0, 0.1) is 0 Å². The zero-order valence-electron chi connectivity index (χ0n) is 17.2. The zero-order valence-corrected chi connectivity index (χ0v) is 17.2. The van der Waals surface area contributed by atoms with Gasteiger partial charge >= 0.3 is 0 Å². The average molecular weight is 409 g/mol. The van der Waals surface area contributed by atoms with Gasteiger partial charge in [0.1, 0.15) is 5.82 Å². The van der Waals surface area contributed by atoms with E-state index < -0.39 is 0 Å². The lowest BCUT2D eigenvalue weighted by Gasteiger charge is -2.14. The summed E-state index contributed by atoms with van der Waals surface area (Å²) in [4.78, 5) is 18.1. The monoisotopic (exact) mass is 408 g/mol. The van der Waals surface area contributed by atoms with Gasteiger partial charge in [-0.2, -0.15) is 0 Å². The van der Waals surface area contributed by atoms with Crippen LogP contribution in [0.4, 0.5) is 17.1 Å². The molecule has 0 fully saturated rings. The standard InChI is InChI=1S/C26H24N4O/c31-26(21-13-5-7-15-23(21)27-19-10-2-1-3-11-19)29-22-14-6-4-12-20(22)24-18-30-17-9-8-16-25(30)28-24/h1-7,10-15,18,27H,8-9,16-17H2,(H,29,31). The second kappa shape index (κ2) is 8.48. The van der Waals surface area contributed by atoms with Gasteiger partial charge < -0.3 is 15.2 Å². The fourth-order valence-corrected chi connectivity index (χ4v) is 4.01. The number of anilines is 3. The minimum absolute atomic E-state index is 0.157. The maximum Gasteiger partial charge on any atom is 0.257 e. The number of nitrogens with one attached hydrogen (secondary N) is 2. The van der Waals surface area contributed by atoms with Gasteiger partial charge in [-0.05, 0) is 43.2 Å². The summed E-state index contributed by atoms with van der Waals surface area (Å²) in [6, 6.07) is 25.2. The Bertz CT molecular complexity index is 1190. The van der Waals surface area contributed by atoms with Crippen LogP contribution in [0.3, 0.4) is 0 Å². The van der Waals surface area contributed by atoms with Crippen molar-refractivity contribution in [2.45, 2.75) is 25.8 Å². The highest BCUT2D eigenvalue weighted by atomic mass is 16.1. The normalized spacial score (nSPS) is 12.8. The molecule has 5 heteroatoms. The Balaban J connectivity index is 1.43. The number of nitrogens with zero attached hydrogens (tertiary/aromatic N) is 2. The predicted octanol–water partition coefficient (Wildman–Crippen LogP) is 5.88. The molecule has 2 N–H and O–H groups in total. The summed E-state index contributed by atoms with van der Waals surface area (Å²) in [7, 11) is 0. The van der Waals surface area contributed by atoms with E-state index in [0.717, 1.165) is 47.1 Å². The van der Waals surface area contributed by atoms with Crippen LogP contribution in [0.2, 0.25) is 0 Å². The van der Waals surface area contributed by atoms with Gasteiger partial charge in [-0.3, -0.25) is 4.79 Å². The minimum Gasteiger partial charge on any atom is -0.355 e. The number of carbonyl (C=O) groups excluding carboxylic acids is 1. The van der Waals surface area contributed by atoms with E-state index in [1.807, 2.05) is 78.9 Å². The topological polar surface area (TPSA) is 59.0 Å². The fraction of sp³-hybridized carbons (Fsp3) is 0.154. The summed E-state index contributed by atoms with van der Waals surface area (Å²) in [5.41, 5.74) is 4.89. The highest BCUT2D eigenvalue weighted by Gasteiger charge is 2.17. The molecule has 2 heterocycles. The number of fused-ring (bicyclic) bond motifs is 1. The molecule has 1 aliphatic heterocycles. The van der Waals surface area contributed by atoms with Crippen LogP contribution < -0.4 is 10.6 Å². The minimum atomic E-state index is -0.157. The molecule has 0 saturated heterocycles. The first-order valence-corrected chi connectivity index (χ1v) is 10.7. The van der Waals surface area contributed by atoms with Gasteiger partial charge in [-0.15, -0.1) is 0 Å². The van der Waals surface area contributed by atoms with Crippen LogP contribution in [0.25, 0.3) is 11.3 Å². The van der Waals surface area contributed by atoms with E-state index in [4.69, 9.17) is 4.98 Å². The first kappa shape index (κ1) is 19.1. The Morgan fingerprint density at radius 3 is 2.42 bits per heavy atom. The molecule has 0 atom stereocenters. The van der Waals surface area contributed by atoms with E-state index in [1.165, 1.54) is 12.8 Å². The Hall–Kier alpha value is -3.86. The molecular formula is C26H24N4O. The lowest BCUT2D eigenvalue weighted by Crippen LogP contribution is -2.14. The summed E-state index contributed by atoms with van der Waals surface area (Å²) in [5, 5.41) is 6.45. The van der Waals surface area contributed by atoms with E-state index >= 15 is 0 Å². The van der Waals surface area contributed by atoms with Crippen molar-refractivity contribution >= 4 is 23.0 Å². The maximum absolute atomic E-state index is 13.2. The van der Waals surface area contributed by atoms with Crippen molar-refractivity contribution in [1.29, 1.82) is 0 Å². The van der Waals surface area contributed by atoms with Crippen LogP contribution >= 0.6 is 0 Å². The van der Waals surface area contributed by atoms with Crippen LogP contribution in [0.1, 0.15) is 29.0 Å². The third-order valence-corrected chi connectivity index (χ3v) is 5.58. The van der Waals surface area contributed by atoms with E-state index in [-0.39, 0.29) is 5.91 Å².